The second-order valence-corrected chi connectivity index (χ2v) is 6.05. The first-order valence-electron chi connectivity index (χ1n) is 7.76. The summed E-state index contributed by atoms with van der Waals surface area (Å²) in [5, 5.41) is 0. The second-order valence-electron chi connectivity index (χ2n) is 6.05. The quantitative estimate of drug-likeness (QED) is 0.475. The Kier molecular flexibility index (Phi) is 4.27. The highest BCUT2D eigenvalue weighted by atomic mass is 16.5. The lowest BCUT2D eigenvalue weighted by atomic mass is 9.91. The van der Waals surface area contributed by atoms with Crippen LogP contribution in [-0.4, -0.2) is 18.5 Å². The third-order valence-corrected chi connectivity index (χ3v) is 4.50. The molecular formula is C18H20O4. The molecule has 1 saturated carbocycles. The number of fused-ring (bicyclic) bond motifs is 2. The third-order valence-electron chi connectivity index (χ3n) is 4.50. The van der Waals surface area contributed by atoms with Crippen molar-refractivity contribution in [3.63, 3.8) is 0 Å². The van der Waals surface area contributed by atoms with Crippen molar-refractivity contribution in [1.29, 1.82) is 0 Å². The van der Waals surface area contributed by atoms with Crippen LogP contribution < -0.4 is 4.74 Å². The van der Waals surface area contributed by atoms with E-state index in [0.717, 1.165) is 12.3 Å². The van der Waals surface area contributed by atoms with Crippen LogP contribution in [-0.2, 0) is 9.53 Å². The zero-order valence-corrected chi connectivity index (χ0v) is 12.7. The van der Waals surface area contributed by atoms with Gasteiger partial charge >= 0.3 is 11.9 Å². The molecule has 1 aromatic carbocycles. The molecule has 4 heteroatoms. The first-order chi connectivity index (χ1) is 10.6. The SMILES string of the molecule is CC(=O)Oc1ccccc1C(=O)OCCC1CC2C=CC1C2. The van der Waals surface area contributed by atoms with Crippen LogP contribution in [0.15, 0.2) is 36.4 Å². The molecule has 3 atom stereocenters. The summed E-state index contributed by atoms with van der Waals surface area (Å²) in [6.07, 6.45) is 7.98. The summed E-state index contributed by atoms with van der Waals surface area (Å²) in [5.41, 5.74) is 0.297. The van der Waals surface area contributed by atoms with Crippen molar-refractivity contribution < 1.29 is 19.1 Å². The number of allylic oxidation sites excluding steroid dienone is 2. The molecule has 1 aromatic rings. The van der Waals surface area contributed by atoms with E-state index >= 15 is 0 Å². The van der Waals surface area contributed by atoms with E-state index in [9.17, 15) is 9.59 Å². The molecular weight excluding hydrogens is 280 g/mol. The molecule has 0 amide bonds. The minimum Gasteiger partial charge on any atom is -0.462 e. The largest absolute Gasteiger partial charge is 0.462 e. The van der Waals surface area contributed by atoms with Gasteiger partial charge in [-0.05, 0) is 49.1 Å². The van der Waals surface area contributed by atoms with Gasteiger partial charge in [0.15, 0.2) is 0 Å². The van der Waals surface area contributed by atoms with Crippen molar-refractivity contribution in [2.75, 3.05) is 6.61 Å². The van der Waals surface area contributed by atoms with Gasteiger partial charge in [-0.2, -0.15) is 0 Å². The number of esters is 2. The maximum Gasteiger partial charge on any atom is 0.341 e. The average Bonchev–Trinajstić information content (AvgIpc) is 3.09. The topological polar surface area (TPSA) is 52.6 Å². The first-order valence-corrected chi connectivity index (χ1v) is 7.76. The molecule has 0 saturated heterocycles. The fourth-order valence-corrected chi connectivity index (χ4v) is 3.49. The lowest BCUT2D eigenvalue weighted by molar-refractivity contribution is -0.131. The van der Waals surface area contributed by atoms with Gasteiger partial charge in [-0.25, -0.2) is 4.79 Å². The molecule has 0 heterocycles. The molecule has 4 nitrogen and oxygen atoms in total. The number of ether oxygens (including phenoxy) is 2. The molecule has 3 unspecified atom stereocenters. The van der Waals surface area contributed by atoms with Crippen molar-refractivity contribution in [2.45, 2.75) is 26.2 Å². The number of hydrogen-bond acceptors (Lipinski definition) is 4. The summed E-state index contributed by atoms with van der Waals surface area (Å²) >= 11 is 0. The number of para-hydroxylation sites is 1. The van der Waals surface area contributed by atoms with Crippen molar-refractivity contribution in [2.24, 2.45) is 17.8 Å². The van der Waals surface area contributed by atoms with Gasteiger partial charge in [0.1, 0.15) is 11.3 Å². The lowest BCUT2D eigenvalue weighted by Crippen LogP contribution is -2.14. The van der Waals surface area contributed by atoms with Crippen LogP contribution in [0.5, 0.6) is 5.75 Å². The minimum atomic E-state index is -0.450. The van der Waals surface area contributed by atoms with Crippen LogP contribution in [0.2, 0.25) is 0 Å². The van der Waals surface area contributed by atoms with Crippen molar-refractivity contribution in [3.05, 3.63) is 42.0 Å². The molecule has 2 aliphatic rings. The Hall–Kier alpha value is -2.10. The third kappa shape index (κ3) is 3.21. The highest BCUT2D eigenvalue weighted by molar-refractivity contribution is 5.93. The Morgan fingerprint density at radius 3 is 2.68 bits per heavy atom. The first kappa shape index (κ1) is 14.8. The van der Waals surface area contributed by atoms with Gasteiger partial charge in [0.05, 0.1) is 6.61 Å². The van der Waals surface area contributed by atoms with E-state index in [-0.39, 0.29) is 5.75 Å². The van der Waals surface area contributed by atoms with Crippen molar-refractivity contribution in [3.8, 4) is 5.75 Å². The van der Waals surface area contributed by atoms with E-state index in [2.05, 4.69) is 12.2 Å². The number of rotatable bonds is 5. The number of carbonyl (C=O) groups is 2. The maximum atomic E-state index is 12.2. The fraction of sp³-hybridized carbons (Fsp3) is 0.444. The van der Waals surface area contributed by atoms with E-state index in [1.54, 1.807) is 24.3 Å². The number of carbonyl (C=O) groups excluding carboxylic acids is 2. The van der Waals surface area contributed by atoms with Crippen LogP contribution in [0.1, 0.15) is 36.5 Å². The van der Waals surface area contributed by atoms with Gasteiger partial charge in [0, 0.05) is 6.92 Å². The molecule has 22 heavy (non-hydrogen) atoms. The predicted molar refractivity (Wildman–Crippen MR) is 81.5 cm³/mol. The van der Waals surface area contributed by atoms with Crippen LogP contribution in [0.25, 0.3) is 0 Å². The molecule has 0 aliphatic heterocycles. The Labute approximate surface area is 130 Å². The van der Waals surface area contributed by atoms with Gasteiger partial charge < -0.3 is 9.47 Å². The Bertz CT molecular complexity index is 605. The smallest absolute Gasteiger partial charge is 0.341 e. The molecule has 0 aromatic heterocycles. The van der Waals surface area contributed by atoms with Crippen LogP contribution in [0.4, 0.5) is 0 Å². The average molecular weight is 300 g/mol. The summed E-state index contributed by atoms with van der Waals surface area (Å²) in [5.74, 6) is 1.39. The summed E-state index contributed by atoms with van der Waals surface area (Å²) in [6.45, 7) is 1.72. The number of hydrogen-bond donors (Lipinski definition) is 0. The maximum absolute atomic E-state index is 12.2. The molecule has 2 bridgehead atoms. The summed E-state index contributed by atoms with van der Waals surface area (Å²) in [6, 6.07) is 6.65. The van der Waals surface area contributed by atoms with Crippen molar-refractivity contribution in [1.82, 2.24) is 0 Å². The number of benzene rings is 1. The zero-order chi connectivity index (χ0) is 15.5. The summed E-state index contributed by atoms with van der Waals surface area (Å²) in [4.78, 5) is 23.2. The lowest BCUT2D eigenvalue weighted by Gasteiger charge is -2.17. The van der Waals surface area contributed by atoms with Gasteiger partial charge in [-0.15, -0.1) is 0 Å². The highest BCUT2D eigenvalue weighted by Crippen LogP contribution is 2.44. The highest BCUT2D eigenvalue weighted by Gasteiger charge is 2.35. The van der Waals surface area contributed by atoms with E-state index in [1.807, 2.05) is 0 Å². The van der Waals surface area contributed by atoms with Gasteiger partial charge in [-0.3, -0.25) is 4.79 Å². The monoisotopic (exact) mass is 300 g/mol. The van der Waals surface area contributed by atoms with E-state index in [1.165, 1.54) is 19.8 Å². The molecule has 0 N–H and O–H groups in total. The van der Waals surface area contributed by atoms with Gasteiger partial charge in [0.2, 0.25) is 0 Å². The normalized spacial score (nSPS) is 25.2. The standard InChI is InChI=1S/C18H20O4/c1-12(19)22-17-5-3-2-4-16(17)18(20)21-9-8-15-11-13-6-7-14(15)10-13/h2-7,13-15H,8-11H2,1H3. The Balaban J connectivity index is 1.54. The van der Waals surface area contributed by atoms with Crippen LogP contribution in [0, 0.1) is 17.8 Å². The predicted octanol–water partition coefficient (Wildman–Crippen LogP) is 3.37. The molecule has 116 valence electrons. The fourth-order valence-electron chi connectivity index (χ4n) is 3.49. The Morgan fingerprint density at radius 1 is 1.18 bits per heavy atom. The molecule has 3 rings (SSSR count). The second kappa shape index (κ2) is 6.34. The van der Waals surface area contributed by atoms with Gasteiger partial charge in [0.25, 0.3) is 0 Å². The van der Waals surface area contributed by atoms with Gasteiger partial charge in [-0.1, -0.05) is 24.3 Å². The van der Waals surface area contributed by atoms with E-state index < -0.39 is 11.9 Å². The van der Waals surface area contributed by atoms with Crippen molar-refractivity contribution >= 4 is 11.9 Å². The summed E-state index contributed by atoms with van der Waals surface area (Å²) in [7, 11) is 0. The minimum absolute atomic E-state index is 0.253. The Morgan fingerprint density at radius 2 is 2.00 bits per heavy atom. The zero-order valence-electron chi connectivity index (χ0n) is 12.7. The summed E-state index contributed by atoms with van der Waals surface area (Å²) < 4.78 is 10.4. The van der Waals surface area contributed by atoms with E-state index in [4.69, 9.17) is 9.47 Å². The molecule has 0 spiro atoms. The molecule has 0 radical (unpaired) electrons. The van der Waals surface area contributed by atoms with E-state index in [0.29, 0.717) is 24.0 Å². The van der Waals surface area contributed by atoms with Crippen LogP contribution in [0.3, 0.4) is 0 Å². The van der Waals surface area contributed by atoms with Crippen LogP contribution >= 0.6 is 0 Å². The molecule has 1 fully saturated rings. The molecule has 2 aliphatic carbocycles.